The van der Waals surface area contributed by atoms with Crippen molar-refractivity contribution < 1.29 is 19.5 Å². The van der Waals surface area contributed by atoms with Gasteiger partial charge in [0.2, 0.25) is 5.91 Å². The molecule has 1 aromatic heterocycles. The molecule has 27 heavy (non-hydrogen) atoms. The molecule has 0 spiro atoms. The van der Waals surface area contributed by atoms with Gasteiger partial charge in [0.1, 0.15) is 6.04 Å². The minimum absolute atomic E-state index is 0.174. The molecular formula is C20H21N3O4. The quantitative estimate of drug-likeness (QED) is 0.686. The highest BCUT2D eigenvalue weighted by Gasteiger charge is 2.36. The van der Waals surface area contributed by atoms with Gasteiger partial charge in [-0.25, -0.2) is 0 Å². The molecule has 1 fully saturated rings. The Morgan fingerprint density at radius 1 is 1.11 bits per heavy atom. The monoisotopic (exact) mass is 367 g/mol. The van der Waals surface area contributed by atoms with Crippen molar-refractivity contribution in [1.29, 1.82) is 0 Å². The highest BCUT2D eigenvalue weighted by Crippen LogP contribution is 2.27. The molecule has 0 bridgehead atoms. The summed E-state index contributed by atoms with van der Waals surface area (Å²) >= 11 is 0. The fourth-order valence-corrected chi connectivity index (χ4v) is 3.04. The van der Waals surface area contributed by atoms with E-state index in [9.17, 15) is 14.4 Å². The molecule has 1 aliphatic carbocycles. The van der Waals surface area contributed by atoms with E-state index in [0.717, 1.165) is 5.56 Å². The summed E-state index contributed by atoms with van der Waals surface area (Å²) in [6.45, 7) is 0. The lowest BCUT2D eigenvalue weighted by molar-refractivity contribution is -0.146. The molecular weight excluding hydrogens is 346 g/mol. The van der Waals surface area contributed by atoms with Gasteiger partial charge < -0.3 is 15.7 Å². The number of carboxylic acid groups (broad SMARTS) is 1. The van der Waals surface area contributed by atoms with Gasteiger partial charge in [-0.3, -0.25) is 19.4 Å². The number of amides is 2. The van der Waals surface area contributed by atoms with Crippen molar-refractivity contribution in [2.24, 2.45) is 5.92 Å². The normalized spacial score (nSPS) is 19.4. The second-order valence-electron chi connectivity index (χ2n) is 6.67. The number of aliphatic carboxylic acids is 1. The second kappa shape index (κ2) is 8.44. The lowest BCUT2D eigenvalue weighted by Crippen LogP contribution is -2.54. The summed E-state index contributed by atoms with van der Waals surface area (Å²) in [5, 5.41) is 14.6. The topological polar surface area (TPSA) is 108 Å². The third kappa shape index (κ3) is 4.91. The standard InChI is InChI=1S/C20H21N3O4/c24-18(14-7-4-8-21-12-14)23-17(9-13-5-2-1-3-6-13)19(25)22-16-10-15(11-16)20(26)27/h1-8,12,15-17H,9-11H2,(H,22,25)(H,23,24)(H,26,27). The molecule has 1 aliphatic rings. The van der Waals surface area contributed by atoms with Gasteiger partial charge in [0.05, 0.1) is 11.5 Å². The number of pyridine rings is 1. The molecule has 3 rings (SSSR count). The molecule has 1 atom stereocenters. The average molecular weight is 367 g/mol. The summed E-state index contributed by atoms with van der Waals surface area (Å²) < 4.78 is 0. The van der Waals surface area contributed by atoms with E-state index in [1.54, 1.807) is 18.3 Å². The van der Waals surface area contributed by atoms with Gasteiger partial charge in [0.15, 0.2) is 0 Å². The van der Waals surface area contributed by atoms with Crippen molar-refractivity contribution in [3.8, 4) is 0 Å². The minimum atomic E-state index is -0.841. The molecule has 0 saturated heterocycles. The molecule has 2 aromatic rings. The van der Waals surface area contributed by atoms with Crippen LogP contribution in [0, 0.1) is 5.92 Å². The van der Waals surface area contributed by atoms with Crippen molar-refractivity contribution in [1.82, 2.24) is 15.6 Å². The Hall–Kier alpha value is -3.22. The number of carbonyl (C=O) groups excluding carboxylic acids is 2. The van der Waals surface area contributed by atoms with Gasteiger partial charge in [-0.15, -0.1) is 0 Å². The third-order valence-corrected chi connectivity index (χ3v) is 4.66. The van der Waals surface area contributed by atoms with Gasteiger partial charge in [-0.2, -0.15) is 0 Å². The smallest absolute Gasteiger partial charge is 0.306 e. The Kier molecular flexibility index (Phi) is 5.80. The molecule has 3 N–H and O–H groups in total. The highest BCUT2D eigenvalue weighted by molar-refractivity contribution is 5.97. The first-order chi connectivity index (χ1) is 13.0. The summed E-state index contributed by atoms with van der Waals surface area (Å²) in [5.74, 6) is -1.94. The van der Waals surface area contributed by atoms with E-state index in [1.807, 2.05) is 30.3 Å². The molecule has 140 valence electrons. The first kappa shape index (κ1) is 18.6. The zero-order valence-corrected chi connectivity index (χ0v) is 14.7. The molecule has 1 saturated carbocycles. The predicted molar refractivity (Wildman–Crippen MR) is 97.9 cm³/mol. The molecule has 0 radical (unpaired) electrons. The lowest BCUT2D eigenvalue weighted by Gasteiger charge is -2.34. The Morgan fingerprint density at radius 3 is 2.48 bits per heavy atom. The van der Waals surface area contributed by atoms with E-state index < -0.39 is 17.9 Å². The van der Waals surface area contributed by atoms with Crippen molar-refractivity contribution in [3.05, 3.63) is 66.0 Å². The van der Waals surface area contributed by atoms with Crippen LogP contribution in [0.4, 0.5) is 0 Å². The third-order valence-electron chi connectivity index (χ3n) is 4.66. The zero-order valence-electron chi connectivity index (χ0n) is 14.7. The number of carboxylic acids is 1. The van der Waals surface area contributed by atoms with Crippen LogP contribution < -0.4 is 10.6 Å². The van der Waals surface area contributed by atoms with Crippen molar-refractivity contribution in [2.45, 2.75) is 31.3 Å². The van der Waals surface area contributed by atoms with Crippen LogP contribution in [0.1, 0.15) is 28.8 Å². The molecule has 1 unspecified atom stereocenters. The molecule has 7 heteroatoms. The number of hydrogen-bond acceptors (Lipinski definition) is 4. The Bertz CT molecular complexity index is 804. The first-order valence-corrected chi connectivity index (χ1v) is 8.81. The SMILES string of the molecule is O=C(NC(Cc1ccccc1)C(=O)NC1CC(C(=O)O)C1)c1cccnc1. The maximum Gasteiger partial charge on any atom is 0.306 e. The maximum atomic E-state index is 12.7. The summed E-state index contributed by atoms with van der Waals surface area (Å²) in [6.07, 6.45) is 4.18. The minimum Gasteiger partial charge on any atom is -0.481 e. The van der Waals surface area contributed by atoms with Gasteiger partial charge >= 0.3 is 5.97 Å². The van der Waals surface area contributed by atoms with E-state index in [0.29, 0.717) is 24.8 Å². The molecule has 7 nitrogen and oxygen atoms in total. The first-order valence-electron chi connectivity index (χ1n) is 8.81. The largest absolute Gasteiger partial charge is 0.481 e. The van der Waals surface area contributed by atoms with Gasteiger partial charge in [-0.05, 0) is 30.5 Å². The number of hydrogen-bond donors (Lipinski definition) is 3. The van der Waals surface area contributed by atoms with Gasteiger partial charge in [0, 0.05) is 24.9 Å². The van der Waals surface area contributed by atoms with Crippen LogP contribution in [0.2, 0.25) is 0 Å². The van der Waals surface area contributed by atoms with E-state index in [-0.39, 0.29) is 17.9 Å². The summed E-state index contributed by atoms with van der Waals surface area (Å²) in [6, 6.07) is 11.8. The molecule has 1 aromatic carbocycles. The van der Waals surface area contributed by atoms with Crippen LogP contribution in [-0.2, 0) is 16.0 Å². The summed E-state index contributed by atoms with van der Waals surface area (Å²) in [4.78, 5) is 40.0. The Labute approximate surface area is 156 Å². The van der Waals surface area contributed by atoms with E-state index in [2.05, 4.69) is 15.6 Å². The van der Waals surface area contributed by atoms with Gasteiger partial charge in [0.25, 0.3) is 5.91 Å². The molecule has 1 heterocycles. The maximum absolute atomic E-state index is 12.7. The predicted octanol–water partition coefficient (Wildman–Crippen LogP) is 1.40. The van der Waals surface area contributed by atoms with Crippen LogP contribution in [0.3, 0.4) is 0 Å². The van der Waals surface area contributed by atoms with Crippen LogP contribution in [0.15, 0.2) is 54.9 Å². The van der Waals surface area contributed by atoms with E-state index in [4.69, 9.17) is 5.11 Å². The van der Waals surface area contributed by atoms with Crippen LogP contribution in [-0.4, -0.2) is 40.0 Å². The number of aromatic nitrogens is 1. The second-order valence-corrected chi connectivity index (χ2v) is 6.67. The number of rotatable bonds is 7. The lowest BCUT2D eigenvalue weighted by atomic mass is 9.80. The fraction of sp³-hybridized carbons (Fsp3) is 0.300. The number of nitrogens with zero attached hydrogens (tertiary/aromatic N) is 1. The van der Waals surface area contributed by atoms with Crippen molar-refractivity contribution in [3.63, 3.8) is 0 Å². The zero-order chi connectivity index (χ0) is 19.2. The fourth-order valence-electron chi connectivity index (χ4n) is 3.04. The van der Waals surface area contributed by atoms with Crippen molar-refractivity contribution in [2.75, 3.05) is 0 Å². The van der Waals surface area contributed by atoms with Crippen LogP contribution >= 0.6 is 0 Å². The Balaban J connectivity index is 1.66. The summed E-state index contributed by atoms with van der Waals surface area (Å²) in [5.41, 5.74) is 1.29. The van der Waals surface area contributed by atoms with Gasteiger partial charge in [-0.1, -0.05) is 30.3 Å². The van der Waals surface area contributed by atoms with E-state index >= 15 is 0 Å². The molecule has 0 aliphatic heterocycles. The summed E-state index contributed by atoms with van der Waals surface area (Å²) in [7, 11) is 0. The van der Waals surface area contributed by atoms with Crippen molar-refractivity contribution >= 4 is 17.8 Å². The molecule has 2 amide bonds. The van der Waals surface area contributed by atoms with Crippen LogP contribution in [0.25, 0.3) is 0 Å². The number of carbonyl (C=O) groups is 3. The average Bonchev–Trinajstić information content (AvgIpc) is 2.64. The number of benzene rings is 1. The van der Waals surface area contributed by atoms with E-state index in [1.165, 1.54) is 6.20 Å². The highest BCUT2D eigenvalue weighted by atomic mass is 16.4. The van der Waals surface area contributed by atoms with Crippen LogP contribution in [0.5, 0.6) is 0 Å². The Morgan fingerprint density at radius 2 is 1.85 bits per heavy atom. The number of nitrogens with one attached hydrogen (secondary N) is 2.